The van der Waals surface area contributed by atoms with Gasteiger partial charge in [0.05, 0.1) is 7.11 Å². The smallest absolute Gasteiger partial charge is 0.342 e. The minimum Gasteiger partial charge on any atom is -0.497 e. The highest BCUT2D eigenvalue weighted by Crippen LogP contribution is 2.54. The minimum absolute atomic E-state index is 0.248. The monoisotopic (exact) mass is 424 g/mol. The van der Waals surface area contributed by atoms with Crippen molar-refractivity contribution in [3.63, 3.8) is 0 Å². The van der Waals surface area contributed by atoms with E-state index < -0.39 is 19.2 Å². The summed E-state index contributed by atoms with van der Waals surface area (Å²) >= 11 is 0. The summed E-state index contributed by atoms with van der Waals surface area (Å²) in [5.41, 5.74) is -0.199. The number of carbonyl (C=O) groups excluding carboxylic acids is 1. The third-order valence-electron chi connectivity index (χ3n) is 5.12. The van der Waals surface area contributed by atoms with Gasteiger partial charge in [-0.15, -0.1) is 0 Å². The third-order valence-corrected chi connectivity index (χ3v) is 6.31. The van der Waals surface area contributed by atoms with Crippen LogP contribution in [0, 0.1) is 0 Å². The van der Waals surface area contributed by atoms with E-state index >= 15 is 0 Å². The Morgan fingerprint density at radius 2 is 1.80 bits per heavy atom. The molecule has 4 aromatic rings. The van der Waals surface area contributed by atoms with E-state index in [2.05, 4.69) is 5.32 Å². The lowest BCUT2D eigenvalue weighted by molar-refractivity contribution is -0.116. The van der Waals surface area contributed by atoms with Gasteiger partial charge in [0, 0.05) is 35.4 Å². The summed E-state index contributed by atoms with van der Waals surface area (Å²) in [5.74, 6) is -0.233. The minimum atomic E-state index is -4.82. The predicted molar refractivity (Wildman–Crippen MR) is 117 cm³/mol. The maximum Gasteiger partial charge on any atom is 0.342 e. The Morgan fingerprint density at radius 3 is 2.50 bits per heavy atom. The highest BCUT2D eigenvalue weighted by atomic mass is 31.2. The number of methoxy groups -OCH3 is 1. The number of nitrogens with zero attached hydrogens (tertiary/aromatic N) is 1. The molecule has 154 valence electrons. The number of aryl methyl sites for hydroxylation is 1. The summed E-state index contributed by atoms with van der Waals surface area (Å²) in [7, 11) is -1.55. The van der Waals surface area contributed by atoms with E-state index in [-0.39, 0.29) is 5.56 Å². The van der Waals surface area contributed by atoms with Crippen molar-refractivity contribution in [2.75, 3.05) is 12.4 Å². The van der Waals surface area contributed by atoms with Gasteiger partial charge in [-0.2, -0.15) is 0 Å². The first-order chi connectivity index (χ1) is 14.3. The number of nitrogens with one attached hydrogen (secondary N) is 1. The molecule has 0 radical (unpaired) electrons. The van der Waals surface area contributed by atoms with Gasteiger partial charge in [-0.05, 0) is 41.1 Å². The van der Waals surface area contributed by atoms with Crippen LogP contribution in [0.2, 0.25) is 0 Å². The molecule has 8 heteroatoms. The highest BCUT2D eigenvalue weighted by molar-refractivity contribution is 7.53. The SMILES string of the molecule is COc1ccc2c(c1)c(C(C(=O)Nc1ccc3ccccc3c1)P(=O)(O)O)cn2C. The molecular weight excluding hydrogens is 403 g/mol. The number of aromatic nitrogens is 1. The van der Waals surface area contributed by atoms with Crippen LogP contribution >= 0.6 is 7.60 Å². The predicted octanol–water partition coefficient (Wildman–Crippen LogP) is 4.20. The van der Waals surface area contributed by atoms with Crippen molar-refractivity contribution >= 4 is 40.9 Å². The van der Waals surface area contributed by atoms with E-state index in [1.54, 1.807) is 48.1 Å². The summed E-state index contributed by atoms with van der Waals surface area (Å²) in [6.45, 7) is 0. The molecule has 1 aromatic heterocycles. The second-order valence-electron chi connectivity index (χ2n) is 7.12. The first kappa shape index (κ1) is 20.2. The fourth-order valence-electron chi connectivity index (χ4n) is 3.70. The lowest BCUT2D eigenvalue weighted by atomic mass is 10.1. The molecular formula is C22H21N2O5P. The van der Waals surface area contributed by atoms with E-state index in [1.807, 2.05) is 30.3 Å². The van der Waals surface area contributed by atoms with Gasteiger partial charge in [-0.25, -0.2) is 0 Å². The zero-order chi connectivity index (χ0) is 21.5. The van der Waals surface area contributed by atoms with Gasteiger partial charge < -0.3 is 24.4 Å². The maximum atomic E-state index is 13.1. The number of ether oxygens (including phenoxy) is 1. The molecule has 3 aromatic carbocycles. The molecule has 0 spiro atoms. The molecule has 7 nitrogen and oxygen atoms in total. The molecule has 0 aliphatic heterocycles. The van der Waals surface area contributed by atoms with Gasteiger partial charge in [0.2, 0.25) is 5.91 Å². The Morgan fingerprint density at radius 1 is 1.07 bits per heavy atom. The fourth-order valence-corrected chi connectivity index (χ4v) is 4.64. The Labute approximate surface area is 173 Å². The Kier molecular flexibility index (Phi) is 5.12. The number of amides is 1. The topological polar surface area (TPSA) is 101 Å². The average Bonchev–Trinajstić information content (AvgIpc) is 3.02. The van der Waals surface area contributed by atoms with Crippen molar-refractivity contribution in [3.8, 4) is 5.75 Å². The molecule has 30 heavy (non-hydrogen) atoms. The van der Waals surface area contributed by atoms with Crippen LogP contribution in [-0.2, 0) is 16.4 Å². The van der Waals surface area contributed by atoms with Crippen molar-refractivity contribution in [2.45, 2.75) is 5.66 Å². The molecule has 0 aliphatic carbocycles. The Balaban J connectivity index is 1.77. The van der Waals surface area contributed by atoms with Crippen LogP contribution in [0.3, 0.4) is 0 Å². The molecule has 0 fully saturated rings. The van der Waals surface area contributed by atoms with Crippen LogP contribution in [0.25, 0.3) is 21.7 Å². The lowest BCUT2D eigenvalue weighted by Gasteiger charge is -2.18. The van der Waals surface area contributed by atoms with Gasteiger partial charge in [0.25, 0.3) is 0 Å². The van der Waals surface area contributed by atoms with Crippen LogP contribution in [-0.4, -0.2) is 27.4 Å². The van der Waals surface area contributed by atoms with Crippen LogP contribution in [0.1, 0.15) is 11.2 Å². The van der Waals surface area contributed by atoms with Crippen LogP contribution in [0.4, 0.5) is 5.69 Å². The Bertz CT molecular complexity index is 1310. The number of benzene rings is 3. The van der Waals surface area contributed by atoms with Crippen LogP contribution < -0.4 is 10.1 Å². The first-order valence-electron chi connectivity index (χ1n) is 9.26. The van der Waals surface area contributed by atoms with E-state index in [9.17, 15) is 19.1 Å². The largest absolute Gasteiger partial charge is 0.497 e. The highest BCUT2D eigenvalue weighted by Gasteiger charge is 2.39. The normalized spacial score (nSPS) is 12.8. The standard InChI is InChI=1S/C22H21N2O5P/c1-24-13-19(18-12-17(29-2)9-10-20(18)24)21(30(26,27)28)22(25)23-16-8-7-14-5-3-4-6-15(14)11-16/h3-13,21H,1-2H3,(H,23,25)(H2,26,27,28). The van der Waals surface area contributed by atoms with E-state index in [0.29, 0.717) is 16.8 Å². The molecule has 0 saturated heterocycles. The summed E-state index contributed by atoms with van der Waals surface area (Å²) in [5, 5.41) is 5.14. The van der Waals surface area contributed by atoms with Crippen LogP contribution in [0.5, 0.6) is 5.75 Å². The van der Waals surface area contributed by atoms with Gasteiger partial charge in [-0.1, -0.05) is 30.3 Å². The molecule has 4 rings (SSSR count). The Hall–Kier alpha value is -3.12. The number of anilines is 1. The van der Waals surface area contributed by atoms with E-state index in [1.165, 1.54) is 7.11 Å². The number of rotatable bonds is 5. The molecule has 1 amide bonds. The van der Waals surface area contributed by atoms with Crippen LogP contribution in [0.15, 0.2) is 66.9 Å². The lowest BCUT2D eigenvalue weighted by Crippen LogP contribution is -2.21. The number of hydrogen-bond acceptors (Lipinski definition) is 3. The van der Waals surface area contributed by atoms with Crippen molar-refractivity contribution in [1.82, 2.24) is 4.57 Å². The fraction of sp³-hybridized carbons (Fsp3) is 0.136. The first-order valence-corrected chi connectivity index (χ1v) is 10.9. The molecule has 0 aliphatic rings. The molecule has 3 N–H and O–H groups in total. The summed E-state index contributed by atoms with van der Waals surface area (Å²) in [6.07, 6.45) is 1.58. The number of hydrogen-bond donors (Lipinski definition) is 3. The van der Waals surface area contributed by atoms with Gasteiger partial charge in [0.1, 0.15) is 5.75 Å². The molecule has 0 bridgehead atoms. The summed E-state index contributed by atoms with van der Waals surface area (Å²) < 4.78 is 19.4. The van der Waals surface area contributed by atoms with E-state index in [0.717, 1.165) is 16.3 Å². The quantitative estimate of drug-likeness (QED) is 0.417. The zero-order valence-electron chi connectivity index (χ0n) is 16.4. The maximum absolute atomic E-state index is 13.1. The average molecular weight is 424 g/mol. The zero-order valence-corrected chi connectivity index (χ0v) is 17.3. The van der Waals surface area contributed by atoms with Crippen molar-refractivity contribution in [3.05, 3.63) is 72.4 Å². The van der Waals surface area contributed by atoms with Crippen molar-refractivity contribution < 1.29 is 23.9 Å². The number of carbonyl (C=O) groups is 1. The van der Waals surface area contributed by atoms with Gasteiger partial charge in [-0.3, -0.25) is 9.36 Å². The molecule has 1 heterocycles. The number of fused-ring (bicyclic) bond motifs is 2. The van der Waals surface area contributed by atoms with Crippen molar-refractivity contribution in [1.29, 1.82) is 0 Å². The molecule has 1 atom stereocenters. The van der Waals surface area contributed by atoms with Gasteiger partial charge in [0.15, 0.2) is 5.66 Å². The summed E-state index contributed by atoms with van der Waals surface area (Å²) in [4.78, 5) is 33.2. The van der Waals surface area contributed by atoms with Gasteiger partial charge >= 0.3 is 7.60 Å². The third kappa shape index (κ3) is 3.71. The second-order valence-corrected chi connectivity index (χ2v) is 8.82. The van der Waals surface area contributed by atoms with Crippen molar-refractivity contribution in [2.24, 2.45) is 7.05 Å². The molecule has 1 unspecified atom stereocenters. The second kappa shape index (κ2) is 7.61. The molecule has 0 saturated carbocycles. The summed E-state index contributed by atoms with van der Waals surface area (Å²) in [6, 6.07) is 18.2. The van der Waals surface area contributed by atoms with E-state index in [4.69, 9.17) is 4.74 Å².